The molecule has 0 fully saturated rings. The third-order valence-electron chi connectivity index (χ3n) is 5.79. The summed E-state index contributed by atoms with van der Waals surface area (Å²) in [4.78, 5) is 0. The van der Waals surface area contributed by atoms with Gasteiger partial charge in [0, 0.05) is 26.2 Å². The van der Waals surface area contributed by atoms with Crippen LogP contribution in [0.4, 0.5) is 0 Å². The summed E-state index contributed by atoms with van der Waals surface area (Å²) in [5.41, 5.74) is 1.18. The Morgan fingerprint density at radius 3 is 1.94 bits per heavy atom. The molecule has 0 saturated heterocycles. The number of guanidine groups is 2. The van der Waals surface area contributed by atoms with Gasteiger partial charge in [-0.3, -0.25) is 10.8 Å². The van der Waals surface area contributed by atoms with E-state index in [4.69, 9.17) is 10.8 Å². The Hall–Kier alpha value is -2.84. The Kier molecular flexibility index (Phi) is 15.8. The van der Waals surface area contributed by atoms with Crippen LogP contribution in [0.2, 0.25) is 0 Å². The number of unbranched alkanes of at least 4 members (excludes halogenated alkanes) is 2. The van der Waals surface area contributed by atoms with Crippen LogP contribution < -0.4 is 31.9 Å². The van der Waals surface area contributed by atoms with Crippen molar-refractivity contribution >= 4 is 11.9 Å². The first-order valence-electron chi connectivity index (χ1n) is 13.2. The second kappa shape index (κ2) is 19.5. The van der Waals surface area contributed by atoms with Gasteiger partial charge in [0.1, 0.15) is 0 Å². The minimum absolute atomic E-state index is 0.386. The van der Waals surface area contributed by atoms with Gasteiger partial charge in [-0.25, -0.2) is 0 Å². The van der Waals surface area contributed by atoms with E-state index in [0.29, 0.717) is 24.4 Å². The number of hydrogen-bond acceptors (Lipinski definition) is 4. The SMILES string of the molecule is N=C(NCCCNCCCCCNCCCNC(=N)NCC1C=CC=CC1)NCc1ccccc1. The van der Waals surface area contributed by atoms with Crippen LogP contribution in [0.1, 0.15) is 44.1 Å². The maximum absolute atomic E-state index is 7.93. The molecule has 0 aromatic heterocycles. The highest BCUT2D eigenvalue weighted by molar-refractivity contribution is 5.76. The molecule has 1 aliphatic carbocycles. The molecule has 8 nitrogen and oxygen atoms in total. The Morgan fingerprint density at radius 2 is 1.31 bits per heavy atom. The van der Waals surface area contributed by atoms with Gasteiger partial charge in [0.15, 0.2) is 11.9 Å². The van der Waals surface area contributed by atoms with Crippen molar-refractivity contribution in [3.8, 4) is 0 Å². The lowest BCUT2D eigenvalue weighted by Gasteiger charge is -2.16. The summed E-state index contributed by atoms with van der Waals surface area (Å²) in [6.45, 7) is 7.18. The van der Waals surface area contributed by atoms with E-state index in [1.165, 1.54) is 24.8 Å². The summed E-state index contributed by atoms with van der Waals surface area (Å²) in [6.07, 6.45) is 15.2. The fourth-order valence-corrected chi connectivity index (χ4v) is 3.71. The van der Waals surface area contributed by atoms with Gasteiger partial charge in [-0.2, -0.15) is 0 Å². The predicted molar refractivity (Wildman–Crippen MR) is 148 cm³/mol. The maximum atomic E-state index is 7.93. The number of rotatable bonds is 18. The van der Waals surface area contributed by atoms with Gasteiger partial charge >= 0.3 is 0 Å². The Bertz CT molecular complexity index is 747. The molecule has 1 atom stereocenters. The summed E-state index contributed by atoms with van der Waals surface area (Å²) in [5.74, 6) is 1.30. The molecule has 0 bridgehead atoms. The summed E-state index contributed by atoms with van der Waals surface area (Å²) >= 11 is 0. The largest absolute Gasteiger partial charge is 0.357 e. The van der Waals surface area contributed by atoms with Gasteiger partial charge in [0.25, 0.3) is 0 Å². The number of allylic oxidation sites excluding steroid dienone is 3. The van der Waals surface area contributed by atoms with Crippen LogP contribution in [0.3, 0.4) is 0 Å². The quantitative estimate of drug-likeness (QED) is 0.0926. The standard InChI is InChI=1S/C27H46N8/c28-26(34-22-24-12-4-1-5-13-24)32-20-10-18-30-16-8-3-9-17-31-19-11-21-33-27(29)35-23-25-14-6-2-7-15-25/h1-2,4-7,12-14,25,30-31H,3,8-11,15-23H2,(H3,28,32,34)(H3,29,33,35). The highest BCUT2D eigenvalue weighted by Gasteiger charge is 2.05. The van der Waals surface area contributed by atoms with Crippen LogP contribution in [-0.4, -0.2) is 57.7 Å². The number of nitrogens with one attached hydrogen (secondary N) is 8. The molecule has 0 saturated carbocycles. The highest BCUT2D eigenvalue weighted by atomic mass is 15.1. The number of hydrogen-bond donors (Lipinski definition) is 8. The summed E-state index contributed by atoms with van der Waals surface area (Å²) in [7, 11) is 0. The van der Waals surface area contributed by atoms with Crippen LogP contribution in [-0.2, 0) is 6.54 Å². The topological polar surface area (TPSA) is 120 Å². The zero-order valence-corrected chi connectivity index (χ0v) is 21.2. The Labute approximate surface area is 211 Å². The van der Waals surface area contributed by atoms with Crippen molar-refractivity contribution in [1.82, 2.24) is 31.9 Å². The van der Waals surface area contributed by atoms with E-state index in [9.17, 15) is 0 Å². The molecule has 194 valence electrons. The van der Waals surface area contributed by atoms with Crippen LogP contribution in [0, 0.1) is 16.7 Å². The first-order chi connectivity index (χ1) is 17.2. The van der Waals surface area contributed by atoms with E-state index >= 15 is 0 Å². The van der Waals surface area contributed by atoms with Crippen LogP contribution in [0.25, 0.3) is 0 Å². The minimum atomic E-state index is 0.386. The van der Waals surface area contributed by atoms with Gasteiger partial charge in [-0.1, -0.05) is 61.1 Å². The molecule has 8 N–H and O–H groups in total. The molecule has 1 aliphatic rings. The van der Waals surface area contributed by atoms with Gasteiger partial charge in [-0.15, -0.1) is 0 Å². The van der Waals surface area contributed by atoms with Gasteiger partial charge in [0.2, 0.25) is 0 Å². The molecule has 0 radical (unpaired) electrons. The molecule has 2 rings (SSSR count). The number of benzene rings is 1. The van der Waals surface area contributed by atoms with E-state index in [1.807, 2.05) is 18.2 Å². The fraction of sp³-hybridized carbons (Fsp3) is 0.556. The van der Waals surface area contributed by atoms with Crippen LogP contribution >= 0.6 is 0 Å². The molecular formula is C27H46N8. The van der Waals surface area contributed by atoms with Crippen molar-refractivity contribution in [3.05, 3.63) is 60.2 Å². The van der Waals surface area contributed by atoms with E-state index in [-0.39, 0.29) is 0 Å². The highest BCUT2D eigenvalue weighted by Crippen LogP contribution is 2.09. The first kappa shape index (κ1) is 28.4. The minimum Gasteiger partial charge on any atom is -0.357 e. The molecule has 0 spiro atoms. The molecule has 35 heavy (non-hydrogen) atoms. The monoisotopic (exact) mass is 482 g/mol. The molecule has 1 aromatic carbocycles. The second-order valence-electron chi connectivity index (χ2n) is 8.90. The van der Waals surface area contributed by atoms with Crippen molar-refractivity contribution in [2.24, 2.45) is 5.92 Å². The average molecular weight is 483 g/mol. The summed E-state index contributed by atoms with van der Waals surface area (Å²) < 4.78 is 0. The molecule has 0 amide bonds. The fourth-order valence-electron chi connectivity index (χ4n) is 3.71. The zero-order valence-electron chi connectivity index (χ0n) is 21.2. The van der Waals surface area contributed by atoms with Crippen molar-refractivity contribution in [3.63, 3.8) is 0 Å². The van der Waals surface area contributed by atoms with E-state index in [0.717, 1.165) is 65.1 Å². The Balaban J connectivity index is 1.25. The van der Waals surface area contributed by atoms with Crippen molar-refractivity contribution in [2.75, 3.05) is 45.8 Å². The van der Waals surface area contributed by atoms with E-state index in [2.05, 4.69) is 68.3 Å². The van der Waals surface area contributed by atoms with E-state index < -0.39 is 0 Å². The third-order valence-corrected chi connectivity index (χ3v) is 5.79. The van der Waals surface area contributed by atoms with Crippen molar-refractivity contribution in [1.29, 1.82) is 10.8 Å². The van der Waals surface area contributed by atoms with Crippen molar-refractivity contribution in [2.45, 2.75) is 45.1 Å². The lowest BCUT2D eigenvalue weighted by atomic mass is 10.0. The average Bonchev–Trinajstić information content (AvgIpc) is 2.89. The molecule has 0 heterocycles. The van der Waals surface area contributed by atoms with E-state index in [1.54, 1.807) is 0 Å². The molecular weight excluding hydrogens is 436 g/mol. The second-order valence-corrected chi connectivity index (χ2v) is 8.90. The van der Waals surface area contributed by atoms with Crippen LogP contribution in [0.5, 0.6) is 0 Å². The smallest absolute Gasteiger partial charge is 0.188 e. The van der Waals surface area contributed by atoms with Gasteiger partial charge in [-0.05, 0) is 69.8 Å². The lowest BCUT2D eigenvalue weighted by molar-refractivity contribution is 0.556. The maximum Gasteiger partial charge on any atom is 0.188 e. The van der Waals surface area contributed by atoms with Gasteiger partial charge in [0.05, 0.1) is 0 Å². The molecule has 1 unspecified atom stereocenters. The molecule has 8 heteroatoms. The van der Waals surface area contributed by atoms with Crippen molar-refractivity contribution < 1.29 is 0 Å². The summed E-state index contributed by atoms with van der Waals surface area (Å²) in [5, 5.41) is 35.3. The zero-order chi connectivity index (χ0) is 24.8. The Morgan fingerprint density at radius 1 is 0.686 bits per heavy atom. The van der Waals surface area contributed by atoms with Gasteiger partial charge < -0.3 is 31.9 Å². The molecule has 0 aliphatic heterocycles. The summed E-state index contributed by atoms with van der Waals surface area (Å²) in [6, 6.07) is 10.1. The molecule has 1 aromatic rings. The normalized spacial score (nSPS) is 14.5. The lowest BCUT2D eigenvalue weighted by Crippen LogP contribution is -2.39. The van der Waals surface area contributed by atoms with Crippen LogP contribution in [0.15, 0.2) is 54.6 Å². The third kappa shape index (κ3) is 15.6. The predicted octanol–water partition coefficient (Wildman–Crippen LogP) is 2.68. The first-order valence-corrected chi connectivity index (χ1v) is 13.2.